The lowest BCUT2D eigenvalue weighted by Gasteiger charge is -2.08. The lowest BCUT2D eigenvalue weighted by molar-refractivity contribution is 0.175. The monoisotopic (exact) mass is 295 g/mol. The van der Waals surface area contributed by atoms with Crippen molar-refractivity contribution in [3.8, 4) is 11.3 Å². The van der Waals surface area contributed by atoms with Gasteiger partial charge < -0.3 is 5.11 Å². The van der Waals surface area contributed by atoms with Crippen molar-refractivity contribution in [1.82, 2.24) is 4.98 Å². The van der Waals surface area contributed by atoms with Crippen molar-refractivity contribution in [1.29, 1.82) is 0 Å². The Kier molecular flexibility index (Phi) is 4.43. The number of rotatable bonds is 5. The van der Waals surface area contributed by atoms with Crippen LogP contribution in [0.2, 0.25) is 0 Å². The van der Waals surface area contributed by atoms with Gasteiger partial charge in [-0.15, -0.1) is 11.3 Å². The smallest absolute Gasteiger partial charge is 0.0958 e. The maximum Gasteiger partial charge on any atom is 0.0958 e. The predicted octanol–water partition coefficient (Wildman–Crippen LogP) is 3.96. The molecule has 0 radical (unpaired) electrons. The normalized spacial score (nSPS) is 12.2. The first-order chi connectivity index (χ1) is 10.3. The highest BCUT2D eigenvalue weighted by Crippen LogP contribution is 2.22. The zero-order chi connectivity index (χ0) is 14.5. The van der Waals surface area contributed by atoms with Gasteiger partial charge in [0.15, 0.2) is 0 Å². The van der Waals surface area contributed by atoms with Gasteiger partial charge in [0, 0.05) is 17.4 Å². The van der Waals surface area contributed by atoms with E-state index >= 15 is 0 Å². The van der Waals surface area contributed by atoms with Crippen molar-refractivity contribution in [3.05, 3.63) is 76.6 Å². The molecule has 0 fully saturated rings. The summed E-state index contributed by atoms with van der Waals surface area (Å²) in [5, 5.41) is 13.2. The van der Waals surface area contributed by atoms with Crippen LogP contribution in [0.15, 0.2) is 66.0 Å². The molecule has 0 aliphatic rings. The van der Waals surface area contributed by atoms with Gasteiger partial charge in [-0.05, 0) is 12.0 Å². The molecular weight excluding hydrogens is 278 g/mol. The molecule has 0 bridgehead atoms. The van der Waals surface area contributed by atoms with Crippen LogP contribution in [0.4, 0.5) is 0 Å². The lowest BCUT2D eigenvalue weighted by Crippen LogP contribution is -2.13. The number of aliphatic hydroxyl groups excluding tert-OH is 1. The van der Waals surface area contributed by atoms with E-state index in [9.17, 15) is 5.11 Å². The van der Waals surface area contributed by atoms with Gasteiger partial charge in [0.1, 0.15) is 0 Å². The number of hydrogen-bond donors (Lipinski definition) is 1. The third-order valence-electron chi connectivity index (χ3n) is 3.35. The van der Waals surface area contributed by atoms with E-state index in [-0.39, 0.29) is 6.10 Å². The Bertz CT molecular complexity index is 679. The molecule has 21 heavy (non-hydrogen) atoms. The number of hydrogen-bond acceptors (Lipinski definition) is 3. The number of nitrogens with zero attached hydrogens (tertiary/aromatic N) is 1. The minimum Gasteiger partial charge on any atom is -0.392 e. The van der Waals surface area contributed by atoms with Gasteiger partial charge in [-0.3, -0.25) is 0 Å². The van der Waals surface area contributed by atoms with Gasteiger partial charge in [0.25, 0.3) is 0 Å². The molecule has 0 spiro atoms. The van der Waals surface area contributed by atoms with Crippen molar-refractivity contribution in [2.24, 2.45) is 0 Å². The average Bonchev–Trinajstić information content (AvgIpc) is 2.97. The fourth-order valence-corrected chi connectivity index (χ4v) is 3.18. The number of benzene rings is 2. The molecule has 106 valence electrons. The molecule has 0 amide bonds. The van der Waals surface area contributed by atoms with Crippen LogP contribution in [0.1, 0.15) is 10.6 Å². The van der Waals surface area contributed by atoms with E-state index in [1.807, 2.05) is 48.5 Å². The second-order valence-corrected chi connectivity index (χ2v) is 5.98. The van der Waals surface area contributed by atoms with E-state index < -0.39 is 0 Å². The van der Waals surface area contributed by atoms with Crippen LogP contribution in [0.25, 0.3) is 11.3 Å². The summed E-state index contributed by atoms with van der Waals surface area (Å²) >= 11 is 1.61. The summed E-state index contributed by atoms with van der Waals surface area (Å²) in [6, 6.07) is 20.2. The fourth-order valence-electron chi connectivity index (χ4n) is 2.31. The maximum atomic E-state index is 10.2. The predicted molar refractivity (Wildman–Crippen MR) is 87.4 cm³/mol. The van der Waals surface area contributed by atoms with Gasteiger partial charge in [-0.25, -0.2) is 4.98 Å². The van der Waals surface area contributed by atoms with Crippen LogP contribution in [-0.2, 0) is 12.8 Å². The highest BCUT2D eigenvalue weighted by Gasteiger charge is 2.10. The molecule has 1 unspecified atom stereocenters. The molecule has 2 nitrogen and oxygen atoms in total. The van der Waals surface area contributed by atoms with Gasteiger partial charge in [-0.1, -0.05) is 60.7 Å². The summed E-state index contributed by atoms with van der Waals surface area (Å²) in [6.45, 7) is 0. The fraction of sp³-hybridized carbons (Fsp3) is 0.167. The van der Waals surface area contributed by atoms with Crippen LogP contribution in [0.5, 0.6) is 0 Å². The molecule has 1 aromatic heterocycles. The summed E-state index contributed by atoms with van der Waals surface area (Å²) in [7, 11) is 0. The Labute approximate surface area is 128 Å². The van der Waals surface area contributed by atoms with E-state index in [0.717, 1.165) is 21.8 Å². The SMILES string of the molecule is OC(Cc1ccccc1)Cc1nc(-c2ccccc2)cs1. The van der Waals surface area contributed by atoms with E-state index in [1.54, 1.807) is 11.3 Å². The van der Waals surface area contributed by atoms with E-state index in [4.69, 9.17) is 0 Å². The van der Waals surface area contributed by atoms with E-state index in [1.165, 1.54) is 0 Å². The van der Waals surface area contributed by atoms with Gasteiger partial charge >= 0.3 is 0 Å². The Morgan fingerprint density at radius 3 is 2.29 bits per heavy atom. The van der Waals surface area contributed by atoms with Crippen LogP contribution < -0.4 is 0 Å². The molecule has 2 aromatic carbocycles. The van der Waals surface area contributed by atoms with Crippen molar-refractivity contribution in [2.75, 3.05) is 0 Å². The molecule has 0 aliphatic heterocycles. The second-order valence-electron chi connectivity index (χ2n) is 5.04. The average molecular weight is 295 g/mol. The first kappa shape index (κ1) is 14.0. The zero-order valence-corrected chi connectivity index (χ0v) is 12.5. The number of aromatic nitrogens is 1. The summed E-state index contributed by atoms with van der Waals surface area (Å²) in [4.78, 5) is 4.62. The maximum absolute atomic E-state index is 10.2. The third-order valence-corrected chi connectivity index (χ3v) is 4.22. The van der Waals surface area contributed by atoms with Gasteiger partial charge in [0.2, 0.25) is 0 Å². The summed E-state index contributed by atoms with van der Waals surface area (Å²) < 4.78 is 0. The van der Waals surface area contributed by atoms with Gasteiger partial charge in [0.05, 0.1) is 16.8 Å². The highest BCUT2D eigenvalue weighted by molar-refractivity contribution is 7.09. The van der Waals surface area contributed by atoms with Crippen LogP contribution >= 0.6 is 11.3 Å². The van der Waals surface area contributed by atoms with Crippen molar-refractivity contribution in [3.63, 3.8) is 0 Å². The van der Waals surface area contributed by atoms with Crippen LogP contribution in [0.3, 0.4) is 0 Å². The molecule has 1 heterocycles. The minimum absolute atomic E-state index is 0.387. The Morgan fingerprint density at radius 2 is 1.57 bits per heavy atom. The minimum atomic E-state index is -0.387. The molecule has 3 aromatic rings. The van der Waals surface area contributed by atoms with E-state index in [0.29, 0.717) is 12.8 Å². The number of aliphatic hydroxyl groups is 1. The second kappa shape index (κ2) is 6.66. The van der Waals surface area contributed by atoms with Crippen molar-refractivity contribution >= 4 is 11.3 Å². The number of thiazole rings is 1. The Morgan fingerprint density at radius 1 is 0.905 bits per heavy atom. The molecule has 3 heteroatoms. The summed E-state index contributed by atoms with van der Waals surface area (Å²) in [5.41, 5.74) is 3.27. The third kappa shape index (κ3) is 3.78. The summed E-state index contributed by atoms with van der Waals surface area (Å²) in [6.07, 6.45) is 0.884. The highest BCUT2D eigenvalue weighted by atomic mass is 32.1. The van der Waals surface area contributed by atoms with Crippen molar-refractivity contribution in [2.45, 2.75) is 18.9 Å². The lowest BCUT2D eigenvalue weighted by atomic mass is 10.1. The van der Waals surface area contributed by atoms with Crippen molar-refractivity contribution < 1.29 is 5.11 Å². The Balaban J connectivity index is 1.65. The standard InChI is InChI=1S/C18H17NOS/c20-16(11-14-7-3-1-4-8-14)12-18-19-17(13-21-18)15-9-5-2-6-10-15/h1-10,13,16,20H,11-12H2. The zero-order valence-electron chi connectivity index (χ0n) is 11.6. The van der Waals surface area contributed by atoms with Gasteiger partial charge in [-0.2, -0.15) is 0 Å². The molecule has 1 atom stereocenters. The molecule has 0 saturated heterocycles. The molecule has 3 rings (SSSR count). The molecule has 0 aliphatic carbocycles. The van der Waals surface area contributed by atoms with Crippen LogP contribution in [0, 0.1) is 0 Å². The van der Waals surface area contributed by atoms with E-state index in [2.05, 4.69) is 22.5 Å². The molecule has 0 saturated carbocycles. The quantitative estimate of drug-likeness (QED) is 0.773. The largest absolute Gasteiger partial charge is 0.392 e. The first-order valence-corrected chi connectivity index (χ1v) is 7.91. The van der Waals surface area contributed by atoms with Crippen LogP contribution in [-0.4, -0.2) is 16.2 Å². The Hall–Kier alpha value is -1.97. The topological polar surface area (TPSA) is 33.1 Å². The summed E-state index contributed by atoms with van der Waals surface area (Å²) in [5.74, 6) is 0. The molecule has 1 N–H and O–H groups in total. The molecular formula is C18H17NOS. The first-order valence-electron chi connectivity index (χ1n) is 7.03.